The van der Waals surface area contributed by atoms with E-state index in [9.17, 15) is 5.11 Å². The molecular weight excluding hydrogens is 248 g/mol. The van der Waals surface area contributed by atoms with Gasteiger partial charge in [0, 0.05) is 17.1 Å². The van der Waals surface area contributed by atoms with Gasteiger partial charge in [-0.2, -0.15) is 0 Å². The Kier molecular flexibility index (Phi) is 3.03. The van der Waals surface area contributed by atoms with Crippen molar-refractivity contribution in [2.24, 2.45) is 4.99 Å². The van der Waals surface area contributed by atoms with Crippen molar-refractivity contribution in [3.05, 3.63) is 59.2 Å². The first kappa shape index (κ1) is 12.5. The van der Waals surface area contributed by atoms with E-state index in [0.29, 0.717) is 0 Å². The van der Waals surface area contributed by atoms with Crippen LogP contribution in [0.4, 0.5) is 5.69 Å². The van der Waals surface area contributed by atoms with Gasteiger partial charge in [-0.25, -0.2) is 0 Å². The highest BCUT2D eigenvalue weighted by atomic mass is 16.3. The molecule has 1 heterocycles. The van der Waals surface area contributed by atoms with E-state index in [1.165, 1.54) is 0 Å². The highest BCUT2D eigenvalue weighted by Crippen LogP contribution is 2.27. The Hall–Kier alpha value is -2.55. The number of para-hydroxylation sites is 1. The molecule has 0 fully saturated rings. The average Bonchev–Trinajstić information content (AvgIpc) is 2.73. The molecule has 2 N–H and O–H groups in total. The van der Waals surface area contributed by atoms with Gasteiger partial charge < -0.3 is 10.1 Å². The summed E-state index contributed by atoms with van der Waals surface area (Å²) < 4.78 is 0. The Balaban J connectivity index is 2.07. The van der Waals surface area contributed by atoms with Crippen molar-refractivity contribution in [2.75, 3.05) is 0 Å². The SMILES string of the molecule is Cc1ccc2c(C=Nc3ccccc3C)c(O)[nH]c2c1. The number of hydrogen-bond donors (Lipinski definition) is 2. The minimum atomic E-state index is 0.155. The molecule has 3 nitrogen and oxygen atoms in total. The van der Waals surface area contributed by atoms with E-state index in [0.717, 1.165) is 33.3 Å². The highest BCUT2D eigenvalue weighted by Gasteiger charge is 2.08. The monoisotopic (exact) mass is 264 g/mol. The van der Waals surface area contributed by atoms with Crippen molar-refractivity contribution in [1.29, 1.82) is 0 Å². The van der Waals surface area contributed by atoms with Crippen molar-refractivity contribution < 1.29 is 5.11 Å². The molecule has 0 aliphatic heterocycles. The topological polar surface area (TPSA) is 48.4 Å². The van der Waals surface area contributed by atoms with Crippen molar-refractivity contribution in [3.8, 4) is 5.88 Å². The van der Waals surface area contributed by atoms with Crippen molar-refractivity contribution in [1.82, 2.24) is 4.98 Å². The van der Waals surface area contributed by atoms with E-state index in [-0.39, 0.29) is 5.88 Å². The van der Waals surface area contributed by atoms with Crippen LogP contribution < -0.4 is 0 Å². The predicted molar refractivity (Wildman–Crippen MR) is 83.1 cm³/mol. The largest absolute Gasteiger partial charge is 0.494 e. The molecule has 0 atom stereocenters. The summed E-state index contributed by atoms with van der Waals surface area (Å²) in [5.41, 5.74) is 4.82. The Morgan fingerprint density at radius 2 is 1.90 bits per heavy atom. The molecule has 0 bridgehead atoms. The number of aromatic hydroxyl groups is 1. The quantitative estimate of drug-likeness (QED) is 0.668. The van der Waals surface area contributed by atoms with Gasteiger partial charge in [0.2, 0.25) is 0 Å². The lowest BCUT2D eigenvalue weighted by Crippen LogP contribution is -1.80. The van der Waals surface area contributed by atoms with E-state index in [1.54, 1.807) is 6.21 Å². The summed E-state index contributed by atoms with van der Waals surface area (Å²) in [6.45, 7) is 4.05. The summed E-state index contributed by atoms with van der Waals surface area (Å²) in [5, 5.41) is 11.0. The third kappa shape index (κ3) is 2.18. The number of nitrogens with zero attached hydrogens (tertiary/aromatic N) is 1. The number of aryl methyl sites for hydroxylation is 2. The maximum atomic E-state index is 10.0. The molecule has 0 amide bonds. The first-order chi connectivity index (χ1) is 9.65. The van der Waals surface area contributed by atoms with Gasteiger partial charge >= 0.3 is 0 Å². The van der Waals surface area contributed by atoms with Crippen LogP contribution in [0.2, 0.25) is 0 Å². The van der Waals surface area contributed by atoms with E-state index in [1.807, 2.05) is 56.3 Å². The molecule has 1 aromatic heterocycles. The summed E-state index contributed by atoms with van der Waals surface area (Å²) in [6.07, 6.45) is 1.71. The van der Waals surface area contributed by atoms with Gasteiger partial charge in [-0.1, -0.05) is 30.3 Å². The molecule has 0 aliphatic rings. The zero-order valence-electron chi connectivity index (χ0n) is 11.5. The van der Waals surface area contributed by atoms with Gasteiger partial charge in [-0.3, -0.25) is 4.99 Å². The number of rotatable bonds is 2. The number of hydrogen-bond acceptors (Lipinski definition) is 2. The Bertz CT molecular complexity index is 800. The number of aromatic amines is 1. The molecular formula is C17H16N2O. The zero-order chi connectivity index (χ0) is 14.1. The van der Waals surface area contributed by atoms with Crippen molar-refractivity contribution in [2.45, 2.75) is 13.8 Å². The van der Waals surface area contributed by atoms with Crippen LogP contribution in [-0.4, -0.2) is 16.3 Å². The fraction of sp³-hybridized carbons (Fsp3) is 0.118. The minimum absolute atomic E-state index is 0.155. The molecule has 0 saturated carbocycles. The summed E-state index contributed by atoms with van der Waals surface area (Å²) in [6, 6.07) is 14.0. The van der Waals surface area contributed by atoms with Crippen LogP contribution in [0.15, 0.2) is 47.5 Å². The molecule has 3 aromatic rings. The smallest absolute Gasteiger partial charge is 0.198 e. The molecule has 0 unspecified atom stereocenters. The lowest BCUT2D eigenvalue weighted by atomic mass is 10.1. The molecule has 20 heavy (non-hydrogen) atoms. The molecule has 0 radical (unpaired) electrons. The van der Waals surface area contributed by atoms with E-state index >= 15 is 0 Å². The second kappa shape index (κ2) is 4.85. The lowest BCUT2D eigenvalue weighted by molar-refractivity contribution is 0.457. The van der Waals surface area contributed by atoms with Crippen LogP contribution in [0.3, 0.4) is 0 Å². The molecule has 0 saturated heterocycles. The first-order valence-electron chi connectivity index (χ1n) is 6.56. The standard InChI is InChI=1S/C17H16N2O/c1-11-7-8-13-14(17(20)19-16(13)9-11)10-18-15-6-4-3-5-12(15)2/h3-10,19-20H,1-2H3. The van der Waals surface area contributed by atoms with Crippen molar-refractivity contribution in [3.63, 3.8) is 0 Å². The normalized spacial score (nSPS) is 11.5. The minimum Gasteiger partial charge on any atom is -0.494 e. The predicted octanol–water partition coefficient (Wildman–Crippen LogP) is 4.24. The fourth-order valence-corrected chi connectivity index (χ4v) is 2.29. The molecule has 100 valence electrons. The molecule has 0 aliphatic carbocycles. The van der Waals surface area contributed by atoms with E-state index in [4.69, 9.17) is 0 Å². The van der Waals surface area contributed by atoms with Crippen LogP contribution in [0.1, 0.15) is 16.7 Å². The maximum absolute atomic E-state index is 10.0. The van der Waals surface area contributed by atoms with Gasteiger partial charge in [0.25, 0.3) is 0 Å². The number of benzene rings is 2. The van der Waals surface area contributed by atoms with Crippen LogP contribution >= 0.6 is 0 Å². The van der Waals surface area contributed by atoms with Gasteiger partial charge in [-0.05, 0) is 37.1 Å². The van der Waals surface area contributed by atoms with Gasteiger partial charge in [0.15, 0.2) is 5.88 Å². The molecule has 0 spiro atoms. The first-order valence-corrected chi connectivity index (χ1v) is 6.56. The molecule has 3 rings (SSSR count). The van der Waals surface area contributed by atoms with Crippen LogP contribution in [0.25, 0.3) is 10.9 Å². The average molecular weight is 264 g/mol. The van der Waals surface area contributed by atoms with Crippen LogP contribution in [-0.2, 0) is 0 Å². The van der Waals surface area contributed by atoms with Crippen LogP contribution in [0, 0.1) is 13.8 Å². The summed E-state index contributed by atoms with van der Waals surface area (Å²) >= 11 is 0. The number of aliphatic imine (C=N–C) groups is 1. The van der Waals surface area contributed by atoms with Gasteiger partial charge in [0.1, 0.15) is 0 Å². The number of fused-ring (bicyclic) bond motifs is 1. The third-order valence-electron chi connectivity index (χ3n) is 3.42. The molecule has 2 aromatic carbocycles. The number of nitrogens with one attached hydrogen (secondary N) is 1. The number of aromatic nitrogens is 1. The van der Waals surface area contributed by atoms with Gasteiger partial charge in [0.05, 0.1) is 11.3 Å². The Morgan fingerprint density at radius 3 is 2.70 bits per heavy atom. The summed E-state index contributed by atoms with van der Waals surface area (Å²) in [4.78, 5) is 7.46. The maximum Gasteiger partial charge on any atom is 0.198 e. The van der Waals surface area contributed by atoms with E-state index < -0.39 is 0 Å². The van der Waals surface area contributed by atoms with Crippen LogP contribution in [0.5, 0.6) is 5.88 Å². The van der Waals surface area contributed by atoms with E-state index in [2.05, 4.69) is 9.98 Å². The highest BCUT2D eigenvalue weighted by molar-refractivity contribution is 6.02. The Morgan fingerprint density at radius 1 is 1.10 bits per heavy atom. The summed E-state index contributed by atoms with van der Waals surface area (Å²) in [7, 11) is 0. The molecule has 3 heteroatoms. The Labute approximate surface area is 117 Å². The number of H-pyrrole nitrogens is 1. The lowest BCUT2D eigenvalue weighted by Gasteiger charge is -1.98. The second-order valence-corrected chi connectivity index (χ2v) is 4.98. The van der Waals surface area contributed by atoms with Gasteiger partial charge in [-0.15, -0.1) is 0 Å². The second-order valence-electron chi connectivity index (χ2n) is 4.98. The fourth-order valence-electron chi connectivity index (χ4n) is 2.29. The third-order valence-corrected chi connectivity index (χ3v) is 3.42. The van der Waals surface area contributed by atoms with Crippen molar-refractivity contribution >= 4 is 22.8 Å². The summed E-state index contributed by atoms with van der Waals surface area (Å²) in [5.74, 6) is 0.155. The zero-order valence-corrected chi connectivity index (χ0v) is 11.5.